The summed E-state index contributed by atoms with van der Waals surface area (Å²) in [5.41, 5.74) is 1.90. The zero-order valence-corrected chi connectivity index (χ0v) is 11.3. The van der Waals surface area contributed by atoms with Gasteiger partial charge in [0.15, 0.2) is 0 Å². The van der Waals surface area contributed by atoms with E-state index in [9.17, 15) is 4.79 Å². The van der Waals surface area contributed by atoms with Crippen molar-refractivity contribution in [3.63, 3.8) is 0 Å². The average Bonchev–Trinajstić information content (AvgIpc) is 2.85. The number of aromatic nitrogens is 2. The van der Waals surface area contributed by atoms with Crippen LogP contribution in [-0.4, -0.2) is 29.1 Å². The summed E-state index contributed by atoms with van der Waals surface area (Å²) in [7, 11) is 1.65. The molecule has 0 saturated carbocycles. The number of hydrogen-bond donors (Lipinski definition) is 2. The quantitative estimate of drug-likeness (QED) is 0.835. The summed E-state index contributed by atoms with van der Waals surface area (Å²) in [6.07, 6.45) is 1.30. The minimum Gasteiger partial charge on any atom is -0.382 e. The van der Waals surface area contributed by atoms with Crippen LogP contribution in [0.4, 0.5) is 0 Å². The van der Waals surface area contributed by atoms with E-state index < -0.39 is 0 Å². The maximum Gasteiger partial charge on any atom is 0.220 e. The molecule has 1 aromatic carbocycles. The van der Waals surface area contributed by atoms with Gasteiger partial charge in [-0.05, 0) is 25.5 Å². The second-order valence-corrected chi connectivity index (χ2v) is 4.56. The monoisotopic (exact) mass is 261 g/mol. The van der Waals surface area contributed by atoms with Gasteiger partial charge >= 0.3 is 0 Å². The molecule has 0 spiro atoms. The molecule has 5 nitrogen and oxygen atoms in total. The highest BCUT2D eigenvalue weighted by molar-refractivity contribution is 5.76. The predicted octanol–water partition coefficient (Wildman–Crippen LogP) is 1.99. The van der Waals surface area contributed by atoms with E-state index in [1.807, 2.05) is 31.2 Å². The Morgan fingerprint density at radius 3 is 3.00 bits per heavy atom. The Hall–Kier alpha value is -1.88. The van der Waals surface area contributed by atoms with Crippen molar-refractivity contribution in [1.82, 2.24) is 15.3 Å². The van der Waals surface area contributed by atoms with Crippen LogP contribution in [0.1, 0.15) is 25.6 Å². The van der Waals surface area contributed by atoms with Crippen LogP contribution in [0.3, 0.4) is 0 Å². The van der Waals surface area contributed by atoms with E-state index in [0.29, 0.717) is 13.0 Å². The van der Waals surface area contributed by atoms with Gasteiger partial charge in [0.25, 0.3) is 0 Å². The highest BCUT2D eigenvalue weighted by atomic mass is 16.5. The van der Waals surface area contributed by atoms with Crippen LogP contribution in [-0.2, 0) is 16.1 Å². The van der Waals surface area contributed by atoms with E-state index in [1.165, 1.54) is 0 Å². The first-order valence-electron chi connectivity index (χ1n) is 6.42. The van der Waals surface area contributed by atoms with Crippen molar-refractivity contribution >= 4 is 16.9 Å². The first kappa shape index (κ1) is 13.5. The number of fused-ring (bicyclic) bond motifs is 1. The third-order valence-electron chi connectivity index (χ3n) is 3.07. The first-order valence-corrected chi connectivity index (χ1v) is 6.42. The van der Waals surface area contributed by atoms with Crippen LogP contribution in [0.2, 0.25) is 0 Å². The van der Waals surface area contributed by atoms with E-state index in [0.717, 1.165) is 23.3 Å². The Morgan fingerprint density at radius 2 is 2.26 bits per heavy atom. The summed E-state index contributed by atoms with van der Waals surface area (Å²) in [5.74, 6) is 0.790. The number of para-hydroxylation sites is 2. The number of benzene rings is 1. The molecule has 0 aliphatic carbocycles. The number of methoxy groups -OCH3 is 1. The number of hydrogen-bond acceptors (Lipinski definition) is 3. The van der Waals surface area contributed by atoms with Gasteiger partial charge in [-0.25, -0.2) is 4.98 Å². The van der Waals surface area contributed by atoms with Gasteiger partial charge in [0.05, 0.1) is 23.7 Å². The van der Waals surface area contributed by atoms with Gasteiger partial charge in [-0.3, -0.25) is 4.79 Å². The SMILES string of the molecule is COC(C)CCC(=O)NCc1nc2ccccc2[nH]1. The molecule has 5 heteroatoms. The smallest absolute Gasteiger partial charge is 0.220 e. The molecule has 0 fully saturated rings. The number of aromatic amines is 1. The van der Waals surface area contributed by atoms with Gasteiger partial charge in [0, 0.05) is 13.5 Å². The Morgan fingerprint density at radius 1 is 1.47 bits per heavy atom. The highest BCUT2D eigenvalue weighted by Gasteiger charge is 2.07. The fraction of sp³-hybridized carbons (Fsp3) is 0.429. The third-order valence-corrected chi connectivity index (χ3v) is 3.07. The third kappa shape index (κ3) is 3.79. The molecule has 1 atom stereocenters. The second-order valence-electron chi connectivity index (χ2n) is 4.56. The number of amides is 1. The van der Waals surface area contributed by atoms with Crippen LogP contribution in [0.15, 0.2) is 24.3 Å². The molecular formula is C14H19N3O2. The van der Waals surface area contributed by atoms with Crippen LogP contribution < -0.4 is 5.32 Å². The number of carbonyl (C=O) groups is 1. The molecule has 2 aromatic rings. The van der Waals surface area contributed by atoms with Gasteiger partial charge in [0.1, 0.15) is 5.82 Å². The number of rotatable bonds is 6. The van der Waals surface area contributed by atoms with Gasteiger partial charge in [0.2, 0.25) is 5.91 Å². The van der Waals surface area contributed by atoms with Crippen molar-refractivity contribution < 1.29 is 9.53 Å². The normalized spacial score (nSPS) is 12.5. The Balaban J connectivity index is 1.83. The molecule has 19 heavy (non-hydrogen) atoms. The molecule has 2 rings (SSSR count). The molecule has 0 aliphatic heterocycles. The molecule has 0 saturated heterocycles. The molecule has 0 bridgehead atoms. The molecule has 0 aliphatic rings. The van der Waals surface area contributed by atoms with Crippen molar-refractivity contribution in [3.8, 4) is 0 Å². The number of imidazole rings is 1. The van der Waals surface area contributed by atoms with Crippen molar-refractivity contribution in [2.24, 2.45) is 0 Å². The molecule has 1 unspecified atom stereocenters. The van der Waals surface area contributed by atoms with E-state index in [4.69, 9.17) is 4.74 Å². The molecule has 102 valence electrons. The van der Waals surface area contributed by atoms with Crippen molar-refractivity contribution in [2.75, 3.05) is 7.11 Å². The molecule has 2 N–H and O–H groups in total. The molecule has 1 aromatic heterocycles. The van der Waals surface area contributed by atoms with Crippen LogP contribution >= 0.6 is 0 Å². The van der Waals surface area contributed by atoms with Gasteiger partial charge < -0.3 is 15.0 Å². The maximum absolute atomic E-state index is 11.6. The van der Waals surface area contributed by atoms with E-state index in [1.54, 1.807) is 7.11 Å². The minimum absolute atomic E-state index is 0.0179. The van der Waals surface area contributed by atoms with Crippen molar-refractivity contribution in [2.45, 2.75) is 32.4 Å². The molecule has 1 heterocycles. The van der Waals surface area contributed by atoms with Gasteiger partial charge in [-0.1, -0.05) is 12.1 Å². The number of H-pyrrole nitrogens is 1. The molecular weight excluding hydrogens is 242 g/mol. The Labute approximate surface area is 112 Å². The summed E-state index contributed by atoms with van der Waals surface area (Å²) in [5, 5.41) is 2.85. The summed E-state index contributed by atoms with van der Waals surface area (Å²) in [6.45, 7) is 2.38. The summed E-state index contributed by atoms with van der Waals surface area (Å²) in [6, 6.07) is 7.80. The zero-order chi connectivity index (χ0) is 13.7. The average molecular weight is 261 g/mol. The zero-order valence-electron chi connectivity index (χ0n) is 11.3. The van der Waals surface area contributed by atoms with Crippen LogP contribution in [0, 0.1) is 0 Å². The summed E-state index contributed by atoms with van der Waals surface area (Å²) >= 11 is 0. The lowest BCUT2D eigenvalue weighted by Crippen LogP contribution is -2.24. The fourth-order valence-corrected chi connectivity index (χ4v) is 1.81. The number of ether oxygens (including phenoxy) is 1. The van der Waals surface area contributed by atoms with Crippen LogP contribution in [0.5, 0.6) is 0 Å². The van der Waals surface area contributed by atoms with Gasteiger partial charge in [-0.15, -0.1) is 0 Å². The number of carbonyl (C=O) groups excluding carboxylic acids is 1. The van der Waals surface area contributed by atoms with E-state index in [2.05, 4.69) is 15.3 Å². The van der Waals surface area contributed by atoms with Gasteiger partial charge in [-0.2, -0.15) is 0 Å². The standard InChI is InChI=1S/C14H19N3O2/c1-10(19-2)7-8-14(18)15-9-13-16-11-5-3-4-6-12(11)17-13/h3-6,10H,7-9H2,1-2H3,(H,15,18)(H,16,17). The lowest BCUT2D eigenvalue weighted by Gasteiger charge is -2.08. The largest absolute Gasteiger partial charge is 0.382 e. The topological polar surface area (TPSA) is 67.0 Å². The first-order chi connectivity index (χ1) is 9.19. The van der Waals surface area contributed by atoms with Crippen molar-refractivity contribution in [1.29, 1.82) is 0 Å². The maximum atomic E-state index is 11.6. The van der Waals surface area contributed by atoms with E-state index >= 15 is 0 Å². The van der Waals surface area contributed by atoms with E-state index in [-0.39, 0.29) is 12.0 Å². The number of nitrogens with one attached hydrogen (secondary N) is 2. The predicted molar refractivity (Wildman–Crippen MR) is 73.6 cm³/mol. The summed E-state index contributed by atoms with van der Waals surface area (Å²) < 4.78 is 5.10. The second kappa shape index (κ2) is 6.33. The van der Waals surface area contributed by atoms with Crippen LogP contribution in [0.25, 0.3) is 11.0 Å². The lowest BCUT2D eigenvalue weighted by molar-refractivity contribution is -0.121. The minimum atomic E-state index is 0.0179. The molecule has 0 radical (unpaired) electrons. The highest BCUT2D eigenvalue weighted by Crippen LogP contribution is 2.10. The summed E-state index contributed by atoms with van der Waals surface area (Å²) in [4.78, 5) is 19.2. The Bertz CT molecular complexity index is 517. The fourth-order valence-electron chi connectivity index (χ4n) is 1.81. The lowest BCUT2D eigenvalue weighted by atomic mass is 10.2. The Kier molecular flexibility index (Phi) is 4.52. The van der Waals surface area contributed by atoms with Crippen molar-refractivity contribution in [3.05, 3.63) is 30.1 Å². The number of nitrogens with zero attached hydrogens (tertiary/aromatic N) is 1. The molecule has 1 amide bonds.